The van der Waals surface area contributed by atoms with Crippen LogP contribution in [0.1, 0.15) is 70.3 Å². The number of benzene rings is 2. The molecule has 0 aliphatic heterocycles. The van der Waals surface area contributed by atoms with Crippen LogP contribution in [-0.4, -0.2) is 13.0 Å². The number of aryl methyl sites for hydroxylation is 1. The Hall–Kier alpha value is -1.05. The van der Waals surface area contributed by atoms with Crippen LogP contribution in [0.25, 0.3) is 0 Å². The fraction of sp³-hybridized carbons (Fsp3) is 0.478. The van der Waals surface area contributed by atoms with E-state index in [0.29, 0.717) is 5.75 Å². The van der Waals surface area contributed by atoms with Gasteiger partial charge in [0.25, 0.3) is 10.1 Å². The molecule has 0 fully saturated rings. The summed E-state index contributed by atoms with van der Waals surface area (Å²) in [6.07, 6.45) is 12.4. The molecule has 0 saturated carbocycles. The third kappa shape index (κ3) is 9.40. The molecule has 0 unspecified atom stereocenters. The largest absolute Gasteiger partial charge is 1.00 e. The molecule has 2 rings (SSSR count). The van der Waals surface area contributed by atoms with Crippen molar-refractivity contribution in [2.45, 2.75) is 76.0 Å². The maximum Gasteiger partial charge on any atom is 1.00 e. The Morgan fingerprint density at radius 2 is 1.50 bits per heavy atom. The monoisotopic (exact) mass is 442 g/mol. The average molecular weight is 443 g/mol. The Kier molecular flexibility index (Phi) is 12.7. The fourth-order valence-electron chi connectivity index (χ4n) is 3.31. The summed E-state index contributed by atoms with van der Waals surface area (Å²) in [6.45, 7) is 2.23. The van der Waals surface area contributed by atoms with Crippen molar-refractivity contribution in [2.75, 3.05) is 0 Å². The second-order valence-corrected chi connectivity index (χ2v) is 8.78. The minimum absolute atomic E-state index is 0. The molecule has 160 valence electrons. The van der Waals surface area contributed by atoms with Crippen LogP contribution in [-0.2, 0) is 16.5 Å². The minimum Gasteiger partial charge on any atom is -0.869 e. The van der Waals surface area contributed by atoms with E-state index in [1.807, 2.05) is 18.2 Å². The number of hydrogen-bond donors (Lipinski definition) is 1. The molecule has 0 bridgehead atoms. The second-order valence-electron chi connectivity index (χ2n) is 7.39. The molecule has 1 N–H and O–H groups in total. The summed E-state index contributed by atoms with van der Waals surface area (Å²) in [6, 6.07) is 11.3. The molecule has 0 atom stereocenters. The van der Waals surface area contributed by atoms with E-state index in [-0.39, 0.29) is 35.3 Å². The Labute approximate surface area is 202 Å². The molecule has 0 amide bonds. The first-order chi connectivity index (χ1) is 13.9. The van der Waals surface area contributed by atoms with Crippen molar-refractivity contribution in [1.82, 2.24) is 0 Å². The van der Waals surface area contributed by atoms with Gasteiger partial charge in [-0.15, -0.1) is 0 Å². The third-order valence-electron chi connectivity index (χ3n) is 4.92. The third-order valence-corrected chi connectivity index (χ3v) is 5.79. The zero-order valence-corrected chi connectivity index (χ0v) is 20.9. The van der Waals surface area contributed by atoms with E-state index in [1.54, 1.807) is 6.07 Å². The van der Waals surface area contributed by atoms with E-state index in [1.165, 1.54) is 63.5 Å². The predicted molar refractivity (Wildman–Crippen MR) is 113 cm³/mol. The normalized spacial score (nSPS) is 11.1. The summed E-state index contributed by atoms with van der Waals surface area (Å²) >= 11 is 0. The summed E-state index contributed by atoms with van der Waals surface area (Å²) in [5.41, 5.74) is 1.11. The molecule has 5 nitrogen and oxygen atoms in total. The van der Waals surface area contributed by atoms with Crippen molar-refractivity contribution in [3.8, 4) is 17.2 Å². The summed E-state index contributed by atoms with van der Waals surface area (Å²) in [7, 11) is -4.58. The van der Waals surface area contributed by atoms with Crippen molar-refractivity contribution >= 4 is 10.1 Å². The van der Waals surface area contributed by atoms with Crippen LogP contribution in [0.5, 0.6) is 17.2 Å². The van der Waals surface area contributed by atoms with Crippen LogP contribution in [0.4, 0.5) is 0 Å². The van der Waals surface area contributed by atoms with Crippen molar-refractivity contribution < 1.29 is 52.4 Å². The molecular weight excluding hydrogens is 411 g/mol. The van der Waals surface area contributed by atoms with Gasteiger partial charge in [-0.3, -0.25) is 4.55 Å². The Bertz CT molecular complexity index is 868. The predicted octanol–water partition coefficient (Wildman–Crippen LogP) is 2.88. The quantitative estimate of drug-likeness (QED) is 0.293. The van der Waals surface area contributed by atoms with Crippen molar-refractivity contribution in [3.63, 3.8) is 0 Å². The molecule has 0 heterocycles. The number of hydrogen-bond acceptors (Lipinski definition) is 4. The molecular formula is C23H31NaO5S. The average Bonchev–Trinajstić information content (AvgIpc) is 2.68. The summed E-state index contributed by atoms with van der Waals surface area (Å²) in [5.74, 6) is -0.498. The molecule has 30 heavy (non-hydrogen) atoms. The molecule has 2 aromatic carbocycles. The molecule has 0 spiro atoms. The Morgan fingerprint density at radius 1 is 0.900 bits per heavy atom. The van der Waals surface area contributed by atoms with E-state index in [2.05, 4.69) is 6.92 Å². The maximum absolute atomic E-state index is 12.2. The van der Waals surface area contributed by atoms with Gasteiger partial charge in [-0.25, -0.2) is 0 Å². The second kappa shape index (κ2) is 14.1. The molecule has 0 saturated heterocycles. The first-order valence-electron chi connectivity index (χ1n) is 10.5. The standard InChI is InChI=1S/C23H32O5S.Na/c1-2-3-4-5-6-7-8-9-10-13-19-14-11-15-20(18-19)28-21-16-12-17-22(23(21)24)29(25,26)27;/h11-12,14-18,24H,2-10,13H2,1H3,(H,25,26,27);/q;+1/p-1. The first kappa shape index (κ1) is 27.0. The summed E-state index contributed by atoms with van der Waals surface area (Å²) in [4.78, 5) is -0.680. The number of rotatable bonds is 13. The van der Waals surface area contributed by atoms with E-state index in [9.17, 15) is 13.5 Å². The summed E-state index contributed by atoms with van der Waals surface area (Å²) in [5, 5.41) is 12.2. The van der Waals surface area contributed by atoms with Crippen LogP contribution < -0.4 is 39.4 Å². The molecule has 0 aliphatic carbocycles. The van der Waals surface area contributed by atoms with Crippen LogP contribution in [0, 0.1) is 0 Å². The van der Waals surface area contributed by atoms with Gasteiger partial charge in [-0.05, 0) is 48.4 Å². The summed E-state index contributed by atoms with van der Waals surface area (Å²) < 4.78 is 37.3. The van der Waals surface area contributed by atoms with Gasteiger partial charge in [-0.2, -0.15) is 8.42 Å². The van der Waals surface area contributed by atoms with Gasteiger partial charge in [0.1, 0.15) is 11.5 Å². The number of unbranched alkanes of at least 4 members (excludes halogenated alkanes) is 8. The number of ether oxygens (including phenoxy) is 1. The van der Waals surface area contributed by atoms with Gasteiger partial charge >= 0.3 is 29.6 Å². The van der Waals surface area contributed by atoms with E-state index < -0.39 is 20.8 Å². The van der Waals surface area contributed by atoms with Crippen LogP contribution in [0.15, 0.2) is 47.4 Å². The van der Waals surface area contributed by atoms with Gasteiger partial charge in [0, 0.05) is 0 Å². The molecule has 7 heteroatoms. The van der Waals surface area contributed by atoms with Gasteiger partial charge in [-0.1, -0.05) is 76.5 Å². The van der Waals surface area contributed by atoms with E-state index in [0.717, 1.165) is 24.5 Å². The smallest absolute Gasteiger partial charge is 0.869 e. The fourth-order valence-corrected chi connectivity index (χ4v) is 3.90. The zero-order valence-electron chi connectivity index (χ0n) is 18.1. The molecule has 0 aliphatic rings. The van der Waals surface area contributed by atoms with Gasteiger partial charge in [0.15, 0.2) is 0 Å². The minimum atomic E-state index is -4.58. The van der Waals surface area contributed by atoms with Crippen molar-refractivity contribution in [3.05, 3.63) is 48.0 Å². The Balaban J connectivity index is 0.00000450. The van der Waals surface area contributed by atoms with Crippen molar-refractivity contribution in [1.29, 1.82) is 0 Å². The topological polar surface area (TPSA) is 86.7 Å². The molecule has 0 aromatic heterocycles. The SMILES string of the molecule is CCCCCCCCCCCc1cccc(Oc2cccc(S(=O)(=O)O)c2[O-])c1.[Na+]. The van der Waals surface area contributed by atoms with Crippen LogP contribution >= 0.6 is 0 Å². The van der Waals surface area contributed by atoms with Gasteiger partial charge in [0.05, 0.1) is 4.90 Å². The van der Waals surface area contributed by atoms with Crippen LogP contribution in [0.2, 0.25) is 0 Å². The van der Waals surface area contributed by atoms with E-state index in [4.69, 9.17) is 9.29 Å². The molecule has 2 aromatic rings. The van der Waals surface area contributed by atoms with Crippen molar-refractivity contribution in [2.24, 2.45) is 0 Å². The van der Waals surface area contributed by atoms with E-state index >= 15 is 0 Å². The van der Waals surface area contributed by atoms with Gasteiger partial charge in [0.2, 0.25) is 0 Å². The van der Waals surface area contributed by atoms with Crippen LogP contribution in [0.3, 0.4) is 0 Å². The first-order valence-corrected chi connectivity index (χ1v) is 11.9. The van der Waals surface area contributed by atoms with Gasteiger partial charge < -0.3 is 9.84 Å². The number of para-hydroxylation sites is 1. The maximum atomic E-state index is 12.2. The Morgan fingerprint density at radius 3 is 2.13 bits per heavy atom. The zero-order chi connectivity index (χ0) is 21.1. The molecule has 0 radical (unpaired) electrons.